The topological polar surface area (TPSA) is 96.6 Å². The Morgan fingerprint density at radius 1 is 1.14 bits per heavy atom. The molecule has 118 valence electrons. The van der Waals surface area contributed by atoms with Gasteiger partial charge in [0.1, 0.15) is 22.0 Å². The summed E-state index contributed by atoms with van der Waals surface area (Å²) in [5, 5.41) is 9.23. The van der Waals surface area contributed by atoms with Crippen molar-refractivity contribution < 1.29 is 22.7 Å². The van der Waals surface area contributed by atoms with E-state index < -0.39 is 16.0 Å². The molecule has 0 amide bonds. The van der Waals surface area contributed by atoms with Crippen molar-refractivity contribution in [2.45, 2.75) is 52.5 Å². The van der Waals surface area contributed by atoms with Crippen LogP contribution < -0.4 is 4.72 Å². The zero-order chi connectivity index (χ0) is 16.4. The van der Waals surface area contributed by atoms with Gasteiger partial charge in [0.25, 0.3) is 0 Å². The Morgan fingerprint density at radius 3 is 2.00 bits per heavy atom. The van der Waals surface area contributed by atoms with E-state index in [4.69, 9.17) is 4.42 Å². The van der Waals surface area contributed by atoms with E-state index in [1.54, 1.807) is 0 Å². The third-order valence-corrected chi connectivity index (χ3v) is 6.56. The van der Waals surface area contributed by atoms with Crippen LogP contribution in [0.4, 0.5) is 0 Å². The zero-order valence-corrected chi connectivity index (χ0v) is 13.9. The van der Waals surface area contributed by atoms with E-state index in [1.807, 2.05) is 27.7 Å². The summed E-state index contributed by atoms with van der Waals surface area (Å²) in [6.07, 6.45) is 0. The number of furan rings is 1. The lowest BCUT2D eigenvalue weighted by Gasteiger charge is -2.08. The Labute approximate surface area is 124 Å². The van der Waals surface area contributed by atoms with Gasteiger partial charge < -0.3 is 9.52 Å². The maximum absolute atomic E-state index is 12.6. The van der Waals surface area contributed by atoms with Crippen molar-refractivity contribution in [1.29, 1.82) is 0 Å². The third kappa shape index (κ3) is 2.19. The summed E-state index contributed by atoms with van der Waals surface area (Å²) in [4.78, 5) is 11.0. The number of aryl methyl sites for hydroxylation is 2. The molecule has 0 atom stereocenters. The van der Waals surface area contributed by atoms with Gasteiger partial charge in [0.2, 0.25) is 10.0 Å². The summed E-state index contributed by atoms with van der Waals surface area (Å²) in [7, 11) is -3.95. The lowest BCUT2D eigenvalue weighted by molar-refractivity contribution is 0.0691. The minimum atomic E-state index is -3.95. The van der Waals surface area contributed by atoms with E-state index in [0.29, 0.717) is 0 Å². The summed E-state index contributed by atoms with van der Waals surface area (Å²) in [6.45, 7) is 10.8. The highest BCUT2D eigenvalue weighted by Gasteiger charge is 2.66. The Balaban J connectivity index is 2.46. The molecule has 0 unspecified atom stereocenters. The van der Waals surface area contributed by atoms with E-state index >= 15 is 0 Å². The predicted octanol–water partition coefficient (Wildman–Crippen LogP) is 2.31. The van der Waals surface area contributed by atoms with Gasteiger partial charge in [-0.1, -0.05) is 27.7 Å². The number of aromatic carboxylic acids is 1. The summed E-state index contributed by atoms with van der Waals surface area (Å²) in [6, 6.07) is -0.244. The highest BCUT2D eigenvalue weighted by Crippen LogP contribution is 2.63. The smallest absolute Gasteiger partial charge is 0.340 e. The van der Waals surface area contributed by atoms with Gasteiger partial charge in [0.15, 0.2) is 0 Å². The molecule has 1 fully saturated rings. The quantitative estimate of drug-likeness (QED) is 0.888. The number of carbonyl (C=O) groups is 1. The van der Waals surface area contributed by atoms with Crippen molar-refractivity contribution in [2.24, 2.45) is 10.8 Å². The molecule has 1 saturated carbocycles. The maximum Gasteiger partial charge on any atom is 0.340 e. The van der Waals surface area contributed by atoms with Gasteiger partial charge in [0, 0.05) is 6.04 Å². The van der Waals surface area contributed by atoms with Gasteiger partial charge in [-0.25, -0.2) is 17.9 Å². The number of hydrogen-bond acceptors (Lipinski definition) is 4. The van der Waals surface area contributed by atoms with Crippen LogP contribution in [0.1, 0.15) is 49.6 Å². The summed E-state index contributed by atoms with van der Waals surface area (Å²) < 4.78 is 33.0. The molecule has 0 radical (unpaired) electrons. The van der Waals surface area contributed by atoms with Crippen molar-refractivity contribution in [1.82, 2.24) is 4.72 Å². The van der Waals surface area contributed by atoms with Crippen LogP contribution in [0.25, 0.3) is 0 Å². The molecule has 0 aliphatic heterocycles. The minimum absolute atomic E-state index is 0.0914. The Morgan fingerprint density at radius 2 is 1.62 bits per heavy atom. The van der Waals surface area contributed by atoms with Crippen molar-refractivity contribution in [3.63, 3.8) is 0 Å². The van der Waals surface area contributed by atoms with Crippen LogP contribution in [-0.4, -0.2) is 25.5 Å². The highest BCUT2D eigenvalue weighted by molar-refractivity contribution is 7.89. The van der Waals surface area contributed by atoms with Gasteiger partial charge >= 0.3 is 5.97 Å². The SMILES string of the molecule is Cc1oc(C)c(S(=O)(=O)NC2C(C)(C)C2(C)C)c1C(=O)O. The first-order chi connectivity index (χ1) is 9.34. The molecule has 0 aromatic carbocycles. The fraction of sp³-hybridized carbons (Fsp3) is 0.643. The Kier molecular flexibility index (Phi) is 3.31. The average Bonchev–Trinajstić information content (AvgIpc) is 2.58. The molecule has 0 saturated heterocycles. The van der Waals surface area contributed by atoms with Crippen LogP contribution in [-0.2, 0) is 10.0 Å². The molecule has 2 N–H and O–H groups in total. The molecule has 21 heavy (non-hydrogen) atoms. The number of hydrogen-bond donors (Lipinski definition) is 2. The highest BCUT2D eigenvalue weighted by atomic mass is 32.2. The van der Waals surface area contributed by atoms with Crippen LogP contribution in [0.2, 0.25) is 0 Å². The normalized spacial score (nSPS) is 20.5. The van der Waals surface area contributed by atoms with E-state index in [-0.39, 0.29) is 38.9 Å². The molecule has 2 rings (SSSR count). The van der Waals surface area contributed by atoms with E-state index in [9.17, 15) is 18.3 Å². The summed E-state index contributed by atoms with van der Waals surface area (Å²) in [5.74, 6) is -1.12. The van der Waals surface area contributed by atoms with Gasteiger partial charge in [-0.15, -0.1) is 0 Å². The molecule has 1 heterocycles. The second-order valence-corrected chi connectivity index (χ2v) is 8.37. The van der Waals surface area contributed by atoms with Gasteiger partial charge in [-0.2, -0.15) is 0 Å². The molecular formula is C14H21NO5S. The first-order valence-electron chi connectivity index (χ1n) is 6.69. The fourth-order valence-electron chi connectivity index (χ4n) is 2.94. The van der Waals surface area contributed by atoms with Crippen LogP contribution in [0.5, 0.6) is 0 Å². The van der Waals surface area contributed by atoms with E-state index in [1.165, 1.54) is 13.8 Å². The molecule has 1 aliphatic carbocycles. The summed E-state index contributed by atoms with van der Waals surface area (Å²) >= 11 is 0. The molecular weight excluding hydrogens is 294 g/mol. The Bertz CT molecular complexity index is 698. The molecule has 6 nitrogen and oxygen atoms in total. The molecule has 0 spiro atoms. The van der Waals surface area contributed by atoms with E-state index in [2.05, 4.69) is 4.72 Å². The maximum atomic E-state index is 12.6. The second-order valence-electron chi connectivity index (χ2n) is 6.72. The van der Waals surface area contributed by atoms with Crippen LogP contribution in [0.3, 0.4) is 0 Å². The summed E-state index contributed by atoms with van der Waals surface area (Å²) in [5.41, 5.74) is -0.664. The van der Waals surface area contributed by atoms with Gasteiger partial charge in [-0.3, -0.25) is 0 Å². The van der Waals surface area contributed by atoms with Gasteiger partial charge in [0.05, 0.1) is 0 Å². The van der Waals surface area contributed by atoms with Crippen LogP contribution in [0, 0.1) is 24.7 Å². The molecule has 1 aromatic heterocycles. The predicted molar refractivity (Wildman–Crippen MR) is 76.8 cm³/mol. The third-order valence-electron chi connectivity index (χ3n) is 4.98. The second kappa shape index (κ2) is 4.33. The number of carboxylic acids is 1. The molecule has 7 heteroatoms. The lowest BCUT2D eigenvalue weighted by atomic mass is 10.0. The van der Waals surface area contributed by atoms with Crippen LogP contribution in [0.15, 0.2) is 9.31 Å². The van der Waals surface area contributed by atoms with Crippen molar-refractivity contribution in [3.05, 3.63) is 17.1 Å². The zero-order valence-electron chi connectivity index (χ0n) is 13.1. The largest absolute Gasteiger partial charge is 0.478 e. The van der Waals surface area contributed by atoms with Crippen LogP contribution >= 0.6 is 0 Å². The monoisotopic (exact) mass is 315 g/mol. The number of sulfonamides is 1. The molecule has 1 aliphatic rings. The van der Waals surface area contributed by atoms with Crippen molar-refractivity contribution >= 4 is 16.0 Å². The van der Waals surface area contributed by atoms with Gasteiger partial charge in [-0.05, 0) is 24.7 Å². The average molecular weight is 315 g/mol. The first kappa shape index (κ1) is 16.0. The van der Waals surface area contributed by atoms with Crippen molar-refractivity contribution in [2.75, 3.05) is 0 Å². The molecule has 1 aromatic rings. The first-order valence-corrected chi connectivity index (χ1v) is 8.18. The number of nitrogens with one attached hydrogen (secondary N) is 1. The standard InChI is InChI=1S/C14H21NO5S/c1-7-9(11(16)17)10(8(2)20-7)21(18,19)15-12-13(3,4)14(12,5)6/h12,15H,1-6H3,(H,16,17). The fourth-order valence-corrected chi connectivity index (χ4v) is 4.88. The number of carboxylic acid groups (broad SMARTS) is 1. The van der Waals surface area contributed by atoms with Crippen molar-refractivity contribution in [3.8, 4) is 0 Å². The Hall–Kier alpha value is -1.34. The van der Waals surface area contributed by atoms with E-state index in [0.717, 1.165) is 0 Å². The molecule has 0 bridgehead atoms. The lowest BCUT2D eigenvalue weighted by Crippen LogP contribution is -2.31. The number of rotatable bonds is 4. The minimum Gasteiger partial charge on any atom is -0.478 e.